The van der Waals surface area contributed by atoms with Gasteiger partial charge in [0.1, 0.15) is 11.5 Å². The number of phenolic OH excluding ortho intramolecular Hbond substituents is 1. The fraction of sp³-hybridized carbons (Fsp3) is 0.571. The molecule has 2 fully saturated rings. The molecule has 3 unspecified atom stereocenters. The van der Waals surface area contributed by atoms with Crippen LogP contribution in [0.15, 0.2) is 29.8 Å². The van der Waals surface area contributed by atoms with Crippen molar-refractivity contribution >= 4 is 17.4 Å². The molecule has 2 saturated carbocycles. The van der Waals surface area contributed by atoms with Gasteiger partial charge in [0.2, 0.25) is 0 Å². The number of Topliss-reactive ketones (excluding diaryl/α,β-unsaturated/α-hetero) is 1. The Morgan fingerprint density at radius 3 is 2.96 bits per heavy atom. The number of allylic oxidation sites excluding steroid dienone is 2. The topological polar surface area (TPSA) is 37.3 Å². The molecule has 1 N–H and O–H groups in total. The van der Waals surface area contributed by atoms with Gasteiger partial charge in [0, 0.05) is 18.7 Å². The van der Waals surface area contributed by atoms with Crippen molar-refractivity contribution in [2.45, 2.75) is 52.4 Å². The number of carbonyl (C=O) groups is 1. The van der Waals surface area contributed by atoms with Gasteiger partial charge in [-0.2, -0.15) is 0 Å². The maximum atomic E-state index is 12.4. The van der Waals surface area contributed by atoms with E-state index in [0.29, 0.717) is 42.1 Å². The molecule has 1 aromatic carbocycles. The van der Waals surface area contributed by atoms with Crippen molar-refractivity contribution < 1.29 is 9.90 Å². The van der Waals surface area contributed by atoms with Gasteiger partial charge in [0.25, 0.3) is 0 Å². The van der Waals surface area contributed by atoms with Crippen molar-refractivity contribution in [3.05, 3.63) is 41.0 Å². The molecule has 0 radical (unpaired) electrons. The summed E-state index contributed by atoms with van der Waals surface area (Å²) in [5, 5.41) is 9.73. The average Bonchev–Trinajstić information content (AvgIpc) is 2.85. The lowest BCUT2D eigenvalue weighted by atomic mass is 9.61. The Morgan fingerprint density at radius 2 is 2.21 bits per heavy atom. The second-order valence-electron chi connectivity index (χ2n) is 7.78. The van der Waals surface area contributed by atoms with Gasteiger partial charge in [-0.25, -0.2) is 0 Å². The summed E-state index contributed by atoms with van der Waals surface area (Å²) in [5.74, 6) is 2.29. The first-order valence-corrected chi connectivity index (χ1v) is 9.53. The second kappa shape index (κ2) is 6.92. The summed E-state index contributed by atoms with van der Waals surface area (Å²) >= 11 is 5.94. The number of benzene rings is 1. The first-order valence-electron chi connectivity index (χ1n) is 8.99. The molecule has 0 bridgehead atoms. The minimum Gasteiger partial charge on any atom is -0.508 e. The van der Waals surface area contributed by atoms with E-state index < -0.39 is 0 Å². The largest absolute Gasteiger partial charge is 0.508 e. The van der Waals surface area contributed by atoms with Crippen LogP contribution >= 0.6 is 11.6 Å². The number of hydrogen-bond acceptors (Lipinski definition) is 2. The molecule has 0 spiro atoms. The monoisotopic (exact) mass is 346 g/mol. The van der Waals surface area contributed by atoms with E-state index >= 15 is 0 Å². The van der Waals surface area contributed by atoms with Gasteiger partial charge in [0.15, 0.2) is 0 Å². The number of rotatable bonds is 4. The van der Waals surface area contributed by atoms with Crippen LogP contribution in [0.2, 0.25) is 0 Å². The quantitative estimate of drug-likeness (QED) is 0.601. The van der Waals surface area contributed by atoms with Crippen LogP contribution < -0.4 is 0 Å². The highest BCUT2D eigenvalue weighted by Crippen LogP contribution is 2.57. The smallest absolute Gasteiger partial charge is 0.134 e. The zero-order valence-electron chi connectivity index (χ0n) is 14.6. The molecule has 2 aliphatic carbocycles. The highest BCUT2D eigenvalue weighted by molar-refractivity contribution is 6.18. The average molecular weight is 347 g/mol. The first-order chi connectivity index (χ1) is 11.4. The predicted molar refractivity (Wildman–Crippen MR) is 98.5 cm³/mol. The second-order valence-corrected chi connectivity index (χ2v) is 8.08. The zero-order chi connectivity index (χ0) is 17.3. The van der Waals surface area contributed by atoms with Gasteiger partial charge in [0.05, 0.1) is 0 Å². The maximum Gasteiger partial charge on any atom is 0.134 e. The van der Waals surface area contributed by atoms with E-state index in [1.807, 2.05) is 12.1 Å². The van der Waals surface area contributed by atoms with Crippen molar-refractivity contribution in [3.63, 3.8) is 0 Å². The van der Waals surface area contributed by atoms with E-state index in [0.717, 1.165) is 19.3 Å². The van der Waals surface area contributed by atoms with Crippen molar-refractivity contribution in [2.75, 3.05) is 5.88 Å². The van der Waals surface area contributed by atoms with Crippen LogP contribution in [-0.4, -0.2) is 16.8 Å². The molecule has 3 rings (SSSR count). The van der Waals surface area contributed by atoms with Gasteiger partial charge in [-0.05, 0) is 73.1 Å². The Balaban J connectivity index is 1.77. The van der Waals surface area contributed by atoms with Crippen molar-refractivity contribution in [2.24, 2.45) is 17.3 Å². The standard InChI is InChI=1S/C21H27ClO2/c1-14-3-7-18(23)11-15(14)4-5-16-12-19(24)13-21(2)17(9-10-22)6-8-20(16)21/h3,7,9,11,16,20,23H,4-6,8,10,12-13H2,1-2H3/b17-9-. The SMILES string of the molecule is Cc1ccc(O)cc1CCC1CC(=O)CC2(C)/C(=C\CCl)CCC12. The number of alkyl halides is 1. The fourth-order valence-corrected chi connectivity index (χ4v) is 5.26. The molecule has 130 valence electrons. The molecule has 0 saturated heterocycles. The summed E-state index contributed by atoms with van der Waals surface area (Å²) in [6.07, 6.45) is 7.74. The number of hydrogen-bond donors (Lipinski definition) is 1. The number of halogens is 1. The molecule has 0 heterocycles. The number of fused-ring (bicyclic) bond motifs is 1. The number of phenols is 1. The number of aryl methyl sites for hydroxylation is 2. The normalized spacial score (nSPS) is 31.5. The zero-order valence-corrected chi connectivity index (χ0v) is 15.4. The fourth-order valence-electron chi connectivity index (χ4n) is 5.07. The van der Waals surface area contributed by atoms with Crippen molar-refractivity contribution in [3.8, 4) is 5.75 Å². The summed E-state index contributed by atoms with van der Waals surface area (Å²) in [5.41, 5.74) is 3.83. The van der Waals surface area contributed by atoms with Crippen LogP contribution in [0.1, 0.15) is 50.2 Å². The van der Waals surface area contributed by atoms with Crippen LogP contribution in [-0.2, 0) is 11.2 Å². The van der Waals surface area contributed by atoms with Crippen molar-refractivity contribution in [1.82, 2.24) is 0 Å². The van der Waals surface area contributed by atoms with Gasteiger partial charge >= 0.3 is 0 Å². The molecule has 3 atom stereocenters. The summed E-state index contributed by atoms with van der Waals surface area (Å²) in [6, 6.07) is 5.57. The van der Waals surface area contributed by atoms with E-state index in [1.54, 1.807) is 6.07 Å². The van der Waals surface area contributed by atoms with Gasteiger partial charge < -0.3 is 5.11 Å². The third-order valence-electron chi connectivity index (χ3n) is 6.34. The Bertz CT molecular complexity index is 664. The van der Waals surface area contributed by atoms with Crippen LogP contribution in [0.4, 0.5) is 0 Å². The Labute approximate surface area is 149 Å². The van der Waals surface area contributed by atoms with Crippen LogP contribution in [0.3, 0.4) is 0 Å². The minimum absolute atomic E-state index is 0.0166. The highest BCUT2D eigenvalue weighted by atomic mass is 35.5. The summed E-state index contributed by atoms with van der Waals surface area (Å²) in [4.78, 5) is 12.4. The van der Waals surface area contributed by atoms with Gasteiger partial charge in [-0.15, -0.1) is 11.6 Å². The molecule has 0 amide bonds. The molecular weight excluding hydrogens is 320 g/mol. The van der Waals surface area contributed by atoms with Crippen LogP contribution in [0, 0.1) is 24.2 Å². The molecule has 3 heteroatoms. The molecule has 1 aromatic rings. The van der Waals surface area contributed by atoms with Crippen molar-refractivity contribution in [1.29, 1.82) is 0 Å². The van der Waals surface area contributed by atoms with Crippen LogP contribution in [0.5, 0.6) is 5.75 Å². The molecule has 0 aliphatic heterocycles. The van der Waals surface area contributed by atoms with E-state index in [4.69, 9.17) is 11.6 Å². The number of carbonyl (C=O) groups excluding carboxylic acids is 1. The van der Waals surface area contributed by atoms with Gasteiger partial charge in [-0.1, -0.05) is 24.6 Å². The lowest BCUT2D eigenvalue weighted by molar-refractivity contribution is -0.126. The minimum atomic E-state index is 0.0166. The maximum absolute atomic E-state index is 12.4. The number of ketones is 1. The Morgan fingerprint density at radius 1 is 1.42 bits per heavy atom. The van der Waals surface area contributed by atoms with E-state index in [9.17, 15) is 9.90 Å². The molecule has 2 nitrogen and oxygen atoms in total. The summed E-state index contributed by atoms with van der Waals surface area (Å²) in [6.45, 7) is 4.36. The first kappa shape index (κ1) is 17.5. The summed E-state index contributed by atoms with van der Waals surface area (Å²) in [7, 11) is 0. The highest BCUT2D eigenvalue weighted by Gasteiger charge is 2.50. The lowest BCUT2D eigenvalue weighted by Gasteiger charge is -2.42. The lowest BCUT2D eigenvalue weighted by Crippen LogP contribution is -2.38. The Kier molecular flexibility index (Phi) is 5.05. The van der Waals surface area contributed by atoms with E-state index in [-0.39, 0.29) is 5.41 Å². The van der Waals surface area contributed by atoms with Crippen LogP contribution in [0.25, 0.3) is 0 Å². The molecule has 24 heavy (non-hydrogen) atoms. The van der Waals surface area contributed by atoms with Gasteiger partial charge in [-0.3, -0.25) is 4.79 Å². The summed E-state index contributed by atoms with van der Waals surface area (Å²) < 4.78 is 0. The Hall–Kier alpha value is -1.28. The molecule has 0 aromatic heterocycles. The predicted octanol–water partition coefficient (Wildman–Crippen LogP) is 5.19. The third kappa shape index (κ3) is 3.26. The molecule has 2 aliphatic rings. The number of aromatic hydroxyl groups is 1. The van der Waals surface area contributed by atoms with E-state index in [2.05, 4.69) is 19.9 Å². The molecular formula is C21H27ClO2. The van der Waals surface area contributed by atoms with E-state index in [1.165, 1.54) is 23.1 Å². The third-order valence-corrected chi connectivity index (χ3v) is 6.49.